The molecule has 0 bridgehead atoms. The predicted molar refractivity (Wildman–Crippen MR) is 78.8 cm³/mol. The fourth-order valence-corrected chi connectivity index (χ4v) is 3.38. The van der Waals surface area contributed by atoms with Gasteiger partial charge in [0, 0.05) is 12.6 Å². The van der Waals surface area contributed by atoms with Crippen molar-refractivity contribution in [1.82, 2.24) is 10.0 Å². The maximum Gasteiger partial charge on any atom is 0.240 e. The second-order valence-electron chi connectivity index (χ2n) is 4.67. The minimum atomic E-state index is -3.39. The number of likely N-dealkylation sites (N-methyl/N-ethyl adjacent to an activating group) is 1. The minimum Gasteiger partial charge on any atom is -0.314 e. The highest BCUT2D eigenvalue weighted by Gasteiger charge is 2.18. The lowest BCUT2D eigenvalue weighted by Crippen LogP contribution is -2.30. The summed E-state index contributed by atoms with van der Waals surface area (Å²) in [7, 11) is -3.39. The lowest BCUT2D eigenvalue weighted by Gasteiger charge is -2.15. The van der Waals surface area contributed by atoms with Gasteiger partial charge in [0.2, 0.25) is 10.0 Å². The molecule has 0 saturated heterocycles. The van der Waals surface area contributed by atoms with Crippen molar-refractivity contribution >= 4 is 10.0 Å². The molecule has 0 amide bonds. The van der Waals surface area contributed by atoms with Crippen molar-refractivity contribution in [3.63, 3.8) is 0 Å². The number of rotatable bonds is 8. The monoisotopic (exact) mass is 284 g/mol. The van der Waals surface area contributed by atoms with Crippen LogP contribution in [0.5, 0.6) is 0 Å². The Morgan fingerprint density at radius 1 is 1.21 bits per heavy atom. The van der Waals surface area contributed by atoms with Crippen LogP contribution in [0.3, 0.4) is 0 Å². The summed E-state index contributed by atoms with van der Waals surface area (Å²) in [5.74, 6) is 0. The van der Waals surface area contributed by atoms with Gasteiger partial charge in [-0.2, -0.15) is 0 Å². The molecule has 5 heteroatoms. The van der Waals surface area contributed by atoms with Crippen LogP contribution in [0.1, 0.15) is 32.8 Å². The SMILES string of the molecule is CCCNS(=O)(=O)c1ccccc1CC(C)NCC. The zero-order chi connectivity index (χ0) is 14.3. The van der Waals surface area contributed by atoms with E-state index in [1.54, 1.807) is 12.1 Å². The van der Waals surface area contributed by atoms with Gasteiger partial charge in [0.25, 0.3) is 0 Å². The van der Waals surface area contributed by atoms with E-state index >= 15 is 0 Å². The van der Waals surface area contributed by atoms with Crippen molar-refractivity contribution < 1.29 is 8.42 Å². The normalized spacial score (nSPS) is 13.4. The van der Waals surface area contributed by atoms with E-state index in [4.69, 9.17) is 0 Å². The summed E-state index contributed by atoms with van der Waals surface area (Å²) in [5.41, 5.74) is 0.861. The fraction of sp³-hybridized carbons (Fsp3) is 0.571. The van der Waals surface area contributed by atoms with Crippen LogP contribution in [-0.2, 0) is 16.4 Å². The zero-order valence-electron chi connectivity index (χ0n) is 11.9. The quantitative estimate of drug-likeness (QED) is 0.767. The largest absolute Gasteiger partial charge is 0.314 e. The molecule has 1 aromatic carbocycles. The Labute approximate surface area is 116 Å². The molecule has 1 aromatic rings. The molecule has 1 unspecified atom stereocenters. The van der Waals surface area contributed by atoms with Crippen LogP contribution in [0.4, 0.5) is 0 Å². The van der Waals surface area contributed by atoms with E-state index in [1.807, 2.05) is 26.0 Å². The first kappa shape index (κ1) is 16.1. The fourth-order valence-electron chi connectivity index (χ4n) is 2.00. The average Bonchev–Trinajstić information content (AvgIpc) is 2.37. The number of nitrogens with one attached hydrogen (secondary N) is 2. The molecule has 1 atom stereocenters. The van der Waals surface area contributed by atoms with E-state index in [1.165, 1.54) is 0 Å². The maximum absolute atomic E-state index is 12.2. The third kappa shape index (κ3) is 4.93. The molecule has 0 saturated carbocycles. The van der Waals surface area contributed by atoms with Crippen LogP contribution in [-0.4, -0.2) is 27.5 Å². The smallest absolute Gasteiger partial charge is 0.240 e. The lowest BCUT2D eigenvalue weighted by atomic mass is 10.1. The first-order valence-electron chi connectivity index (χ1n) is 6.82. The van der Waals surface area contributed by atoms with E-state index in [2.05, 4.69) is 17.0 Å². The molecular formula is C14H24N2O2S. The van der Waals surface area contributed by atoms with Gasteiger partial charge >= 0.3 is 0 Å². The second-order valence-corrected chi connectivity index (χ2v) is 6.40. The molecule has 0 heterocycles. The number of hydrogen-bond donors (Lipinski definition) is 2. The molecule has 0 aliphatic heterocycles. The molecule has 0 radical (unpaired) electrons. The molecule has 1 rings (SSSR count). The Bertz CT molecular complexity index is 486. The molecule has 108 valence electrons. The average molecular weight is 284 g/mol. The molecule has 0 aliphatic rings. The highest BCUT2D eigenvalue weighted by molar-refractivity contribution is 7.89. The Hall–Kier alpha value is -0.910. The third-order valence-electron chi connectivity index (χ3n) is 2.88. The second kappa shape index (κ2) is 7.62. The van der Waals surface area contributed by atoms with E-state index < -0.39 is 10.0 Å². The summed E-state index contributed by atoms with van der Waals surface area (Å²) < 4.78 is 27.1. The van der Waals surface area contributed by atoms with Gasteiger partial charge in [-0.05, 0) is 37.9 Å². The Morgan fingerprint density at radius 2 is 1.89 bits per heavy atom. The summed E-state index contributed by atoms with van der Waals surface area (Å²) >= 11 is 0. The molecule has 0 spiro atoms. The number of sulfonamides is 1. The molecule has 0 aromatic heterocycles. The summed E-state index contributed by atoms with van der Waals surface area (Å²) in [6, 6.07) is 7.46. The van der Waals surface area contributed by atoms with E-state index in [0.29, 0.717) is 17.9 Å². The molecule has 2 N–H and O–H groups in total. The topological polar surface area (TPSA) is 58.2 Å². The molecule has 0 aliphatic carbocycles. The van der Waals surface area contributed by atoms with Gasteiger partial charge in [0.15, 0.2) is 0 Å². The summed E-state index contributed by atoms with van der Waals surface area (Å²) in [6.07, 6.45) is 1.49. The predicted octanol–water partition coefficient (Wildman–Crippen LogP) is 1.92. The van der Waals surface area contributed by atoms with Crippen LogP contribution < -0.4 is 10.0 Å². The van der Waals surface area contributed by atoms with Crippen molar-refractivity contribution in [1.29, 1.82) is 0 Å². The standard InChI is InChI=1S/C14H24N2O2S/c1-4-10-16-19(17,18)14-9-7-6-8-13(14)11-12(3)15-5-2/h6-9,12,15-16H,4-5,10-11H2,1-3H3. The van der Waals surface area contributed by atoms with Gasteiger partial charge in [-0.3, -0.25) is 0 Å². The van der Waals surface area contributed by atoms with Crippen LogP contribution in [0.25, 0.3) is 0 Å². The highest BCUT2D eigenvalue weighted by atomic mass is 32.2. The Balaban J connectivity index is 2.95. The maximum atomic E-state index is 12.2. The summed E-state index contributed by atoms with van der Waals surface area (Å²) in [5, 5.41) is 3.30. The van der Waals surface area contributed by atoms with Gasteiger partial charge in [-0.1, -0.05) is 32.0 Å². The Morgan fingerprint density at radius 3 is 2.53 bits per heavy atom. The molecule has 4 nitrogen and oxygen atoms in total. The third-order valence-corrected chi connectivity index (χ3v) is 4.44. The van der Waals surface area contributed by atoms with Gasteiger partial charge in [-0.15, -0.1) is 0 Å². The van der Waals surface area contributed by atoms with E-state index in [9.17, 15) is 8.42 Å². The van der Waals surface area contributed by atoms with Gasteiger partial charge in [0.05, 0.1) is 4.90 Å². The highest BCUT2D eigenvalue weighted by Crippen LogP contribution is 2.17. The molecule has 19 heavy (non-hydrogen) atoms. The van der Waals surface area contributed by atoms with Crippen molar-refractivity contribution in [3.8, 4) is 0 Å². The van der Waals surface area contributed by atoms with Gasteiger partial charge in [-0.25, -0.2) is 13.1 Å². The first-order chi connectivity index (χ1) is 9.01. The van der Waals surface area contributed by atoms with Crippen LogP contribution in [0, 0.1) is 0 Å². The van der Waals surface area contributed by atoms with Crippen molar-refractivity contribution in [3.05, 3.63) is 29.8 Å². The van der Waals surface area contributed by atoms with Crippen molar-refractivity contribution in [2.45, 2.75) is 44.6 Å². The number of hydrogen-bond acceptors (Lipinski definition) is 3. The summed E-state index contributed by atoms with van der Waals surface area (Å²) in [4.78, 5) is 0.396. The van der Waals surface area contributed by atoms with Crippen LogP contribution >= 0.6 is 0 Å². The molecule has 0 fully saturated rings. The lowest BCUT2D eigenvalue weighted by molar-refractivity contribution is 0.555. The number of benzene rings is 1. The zero-order valence-corrected chi connectivity index (χ0v) is 12.8. The van der Waals surface area contributed by atoms with Crippen LogP contribution in [0.15, 0.2) is 29.2 Å². The Kier molecular flexibility index (Phi) is 6.48. The van der Waals surface area contributed by atoms with Crippen LogP contribution in [0.2, 0.25) is 0 Å². The van der Waals surface area contributed by atoms with Gasteiger partial charge in [0.1, 0.15) is 0 Å². The first-order valence-corrected chi connectivity index (χ1v) is 8.30. The minimum absolute atomic E-state index is 0.257. The van der Waals surface area contributed by atoms with Crippen molar-refractivity contribution in [2.75, 3.05) is 13.1 Å². The van der Waals surface area contributed by atoms with Crippen molar-refractivity contribution in [2.24, 2.45) is 0 Å². The van der Waals surface area contributed by atoms with E-state index in [-0.39, 0.29) is 6.04 Å². The molecular weight excluding hydrogens is 260 g/mol. The summed E-state index contributed by atoms with van der Waals surface area (Å²) in [6.45, 7) is 7.40. The van der Waals surface area contributed by atoms with E-state index in [0.717, 1.165) is 18.5 Å². The van der Waals surface area contributed by atoms with Gasteiger partial charge < -0.3 is 5.32 Å².